The highest BCUT2D eigenvalue weighted by Crippen LogP contribution is 2.22. The maximum absolute atomic E-state index is 12.8. The number of rotatable bonds is 6. The van der Waals surface area contributed by atoms with E-state index in [1.54, 1.807) is 30.3 Å². The number of aromatic nitrogens is 4. The molecule has 0 unspecified atom stereocenters. The lowest BCUT2D eigenvalue weighted by Gasteiger charge is -2.31. The summed E-state index contributed by atoms with van der Waals surface area (Å²) >= 11 is 0. The zero-order chi connectivity index (χ0) is 18.7. The van der Waals surface area contributed by atoms with E-state index in [1.165, 1.54) is 10.6 Å². The van der Waals surface area contributed by atoms with E-state index in [0.717, 1.165) is 0 Å². The second kappa shape index (κ2) is 7.58. The van der Waals surface area contributed by atoms with E-state index in [1.807, 2.05) is 13.8 Å². The van der Waals surface area contributed by atoms with Gasteiger partial charge in [-0.15, -0.1) is 0 Å². The first-order chi connectivity index (χ1) is 12.4. The van der Waals surface area contributed by atoms with Crippen molar-refractivity contribution in [3.8, 4) is 5.88 Å². The first-order valence-electron chi connectivity index (χ1n) is 8.56. The van der Waals surface area contributed by atoms with Gasteiger partial charge in [0.25, 0.3) is 10.0 Å². The summed E-state index contributed by atoms with van der Waals surface area (Å²) in [5.41, 5.74) is 0. The van der Waals surface area contributed by atoms with Crippen molar-refractivity contribution in [1.82, 2.24) is 23.8 Å². The molecule has 0 radical (unpaired) electrons. The topological polar surface area (TPSA) is 102 Å². The quantitative estimate of drug-likeness (QED) is 0.811. The molecule has 1 aliphatic heterocycles. The van der Waals surface area contributed by atoms with Gasteiger partial charge < -0.3 is 14.6 Å². The number of piperidine rings is 1. The lowest BCUT2D eigenvalue weighted by atomic mass is 10.1. The molecule has 0 saturated carbocycles. The Kier molecular flexibility index (Phi) is 5.42. The second-order valence-electron chi connectivity index (χ2n) is 6.52. The minimum Gasteiger partial charge on any atom is -0.481 e. The van der Waals surface area contributed by atoms with E-state index in [-0.39, 0.29) is 17.1 Å². The smallest absolute Gasteiger partial charge is 0.262 e. The average Bonchev–Trinajstić information content (AvgIpc) is 3.14. The highest BCUT2D eigenvalue weighted by Gasteiger charge is 2.31. The van der Waals surface area contributed by atoms with Gasteiger partial charge in [0.1, 0.15) is 12.1 Å². The summed E-state index contributed by atoms with van der Waals surface area (Å²) in [5.74, 6) is 1.16. The summed E-state index contributed by atoms with van der Waals surface area (Å²) in [7, 11) is -2.00. The minimum atomic E-state index is -3.55. The number of hydrogen-bond donors (Lipinski definition) is 1. The third-order valence-electron chi connectivity index (χ3n) is 4.44. The number of anilines is 1. The predicted molar refractivity (Wildman–Crippen MR) is 96.6 cm³/mol. The third kappa shape index (κ3) is 3.96. The highest BCUT2D eigenvalue weighted by molar-refractivity contribution is 7.89. The summed E-state index contributed by atoms with van der Waals surface area (Å²) in [6.45, 7) is 4.85. The molecule has 9 nitrogen and oxygen atoms in total. The second-order valence-corrected chi connectivity index (χ2v) is 8.41. The Morgan fingerprint density at radius 2 is 1.96 bits per heavy atom. The van der Waals surface area contributed by atoms with Gasteiger partial charge in [0, 0.05) is 37.4 Å². The van der Waals surface area contributed by atoms with E-state index < -0.39 is 10.0 Å². The van der Waals surface area contributed by atoms with Crippen LogP contribution in [-0.2, 0) is 10.0 Å². The van der Waals surface area contributed by atoms with Crippen molar-refractivity contribution in [2.75, 3.05) is 25.5 Å². The van der Waals surface area contributed by atoms with Crippen molar-refractivity contribution in [2.45, 2.75) is 43.8 Å². The van der Waals surface area contributed by atoms with Gasteiger partial charge in [-0.25, -0.2) is 23.4 Å². The molecule has 1 saturated heterocycles. The Balaban J connectivity index is 1.62. The van der Waals surface area contributed by atoms with Crippen LogP contribution in [0, 0.1) is 0 Å². The Labute approximate surface area is 153 Å². The van der Waals surface area contributed by atoms with E-state index >= 15 is 0 Å². The molecule has 0 amide bonds. The SMILES string of the molecule is COc1cc(NC2CCN(S(=O)(=O)c3cn(C(C)C)cn3)CC2)ncn1. The van der Waals surface area contributed by atoms with Gasteiger partial charge in [-0.1, -0.05) is 0 Å². The van der Waals surface area contributed by atoms with Crippen molar-refractivity contribution in [3.05, 3.63) is 24.9 Å². The third-order valence-corrected chi connectivity index (χ3v) is 6.22. The number of imidazole rings is 1. The van der Waals surface area contributed by atoms with Crippen LogP contribution in [-0.4, -0.2) is 58.5 Å². The molecule has 1 N–H and O–H groups in total. The summed E-state index contributed by atoms with van der Waals surface area (Å²) in [6.07, 6.45) is 5.98. The molecule has 0 bridgehead atoms. The molecule has 1 aliphatic rings. The Bertz CT molecular complexity index is 843. The molecule has 0 spiro atoms. The van der Waals surface area contributed by atoms with Crippen LogP contribution in [0.1, 0.15) is 32.7 Å². The van der Waals surface area contributed by atoms with Crippen molar-refractivity contribution in [1.29, 1.82) is 0 Å². The van der Waals surface area contributed by atoms with Gasteiger partial charge in [0.15, 0.2) is 5.03 Å². The summed E-state index contributed by atoms with van der Waals surface area (Å²) in [5, 5.41) is 3.42. The molecule has 142 valence electrons. The number of methoxy groups -OCH3 is 1. The Morgan fingerprint density at radius 1 is 1.23 bits per heavy atom. The molecule has 2 aromatic rings. The number of nitrogens with zero attached hydrogens (tertiary/aromatic N) is 5. The van der Waals surface area contributed by atoms with Crippen molar-refractivity contribution >= 4 is 15.8 Å². The maximum Gasteiger partial charge on any atom is 0.262 e. The van der Waals surface area contributed by atoms with E-state index in [0.29, 0.717) is 37.6 Å². The normalized spacial score (nSPS) is 16.8. The Hall–Kier alpha value is -2.20. The molecule has 0 atom stereocenters. The lowest BCUT2D eigenvalue weighted by Crippen LogP contribution is -2.42. The summed E-state index contributed by atoms with van der Waals surface area (Å²) < 4.78 is 33.9. The zero-order valence-corrected chi connectivity index (χ0v) is 16.0. The molecular formula is C16H24N6O3S. The number of hydrogen-bond acceptors (Lipinski definition) is 7. The molecule has 2 aromatic heterocycles. The molecular weight excluding hydrogens is 356 g/mol. The molecule has 10 heteroatoms. The lowest BCUT2D eigenvalue weighted by molar-refractivity contribution is 0.328. The first kappa shape index (κ1) is 18.6. The van der Waals surface area contributed by atoms with E-state index in [9.17, 15) is 8.42 Å². The first-order valence-corrected chi connectivity index (χ1v) is 10.0. The highest BCUT2D eigenvalue weighted by atomic mass is 32.2. The fraction of sp³-hybridized carbons (Fsp3) is 0.562. The molecule has 0 aromatic carbocycles. The van der Waals surface area contributed by atoms with Crippen molar-refractivity contribution in [3.63, 3.8) is 0 Å². The standard InChI is InChI=1S/C16H24N6O3S/c1-12(2)21-9-16(19-11-21)26(23,24)22-6-4-13(5-7-22)20-14-8-15(25-3)18-10-17-14/h8-13H,4-7H2,1-3H3,(H,17,18,20). The summed E-state index contributed by atoms with van der Waals surface area (Å²) in [6, 6.07) is 2.04. The molecule has 1 fully saturated rings. The zero-order valence-electron chi connectivity index (χ0n) is 15.2. The van der Waals surface area contributed by atoms with Gasteiger partial charge in [-0.3, -0.25) is 0 Å². The van der Waals surface area contributed by atoms with Crippen LogP contribution in [0.25, 0.3) is 0 Å². The van der Waals surface area contributed by atoms with Gasteiger partial charge in [0.2, 0.25) is 5.88 Å². The average molecular weight is 380 g/mol. The molecule has 3 rings (SSSR count). The van der Waals surface area contributed by atoms with Crippen LogP contribution in [0.3, 0.4) is 0 Å². The predicted octanol–water partition coefficient (Wildman–Crippen LogP) is 1.53. The van der Waals surface area contributed by atoms with Gasteiger partial charge in [0.05, 0.1) is 13.4 Å². The minimum absolute atomic E-state index is 0.109. The van der Waals surface area contributed by atoms with Gasteiger partial charge in [-0.05, 0) is 26.7 Å². The summed E-state index contributed by atoms with van der Waals surface area (Å²) in [4.78, 5) is 12.2. The largest absolute Gasteiger partial charge is 0.481 e. The number of sulfonamides is 1. The van der Waals surface area contributed by atoms with E-state index in [2.05, 4.69) is 20.3 Å². The fourth-order valence-electron chi connectivity index (χ4n) is 2.85. The van der Waals surface area contributed by atoms with E-state index in [4.69, 9.17) is 4.74 Å². The fourth-order valence-corrected chi connectivity index (χ4v) is 4.24. The maximum atomic E-state index is 12.8. The van der Waals surface area contributed by atoms with Crippen molar-refractivity contribution in [2.24, 2.45) is 0 Å². The monoisotopic (exact) mass is 380 g/mol. The molecule has 0 aliphatic carbocycles. The van der Waals surface area contributed by atoms with Gasteiger partial charge >= 0.3 is 0 Å². The Morgan fingerprint density at radius 3 is 2.58 bits per heavy atom. The van der Waals surface area contributed by atoms with Crippen LogP contribution in [0.4, 0.5) is 5.82 Å². The molecule has 26 heavy (non-hydrogen) atoms. The van der Waals surface area contributed by atoms with Crippen LogP contribution in [0.2, 0.25) is 0 Å². The molecule has 3 heterocycles. The van der Waals surface area contributed by atoms with Crippen LogP contribution in [0.5, 0.6) is 5.88 Å². The van der Waals surface area contributed by atoms with Crippen molar-refractivity contribution < 1.29 is 13.2 Å². The van der Waals surface area contributed by atoms with Crippen LogP contribution >= 0.6 is 0 Å². The van der Waals surface area contributed by atoms with Crippen LogP contribution in [0.15, 0.2) is 29.9 Å². The van der Waals surface area contributed by atoms with Gasteiger partial charge in [-0.2, -0.15) is 4.31 Å². The van der Waals surface area contributed by atoms with Crippen LogP contribution < -0.4 is 10.1 Å². The number of nitrogens with one attached hydrogen (secondary N) is 1. The number of ether oxygens (including phenoxy) is 1.